The summed E-state index contributed by atoms with van der Waals surface area (Å²) in [6.07, 6.45) is 6.65. The highest BCUT2D eigenvalue weighted by Crippen LogP contribution is 2.53. The average Bonchev–Trinajstić information content (AvgIpc) is 2.84. The van der Waals surface area contributed by atoms with E-state index in [0.29, 0.717) is 5.75 Å². The number of fused-ring (bicyclic) bond motifs is 2. The van der Waals surface area contributed by atoms with Crippen LogP contribution < -0.4 is 0 Å². The lowest BCUT2D eigenvalue weighted by Gasteiger charge is -2.43. The minimum Gasteiger partial charge on any atom is -0.508 e. The average molecular weight is 260 g/mol. The quantitative estimate of drug-likeness (QED) is 0.858. The second-order valence-electron chi connectivity index (χ2n) is 6.04. The van der Waals surface area contributed by atoms with E-state index in [9.17, 15) is 9.90 Å². The van der Waals surface area contributed by atoms with E-state index in [4.69, 9.17) is 5.11 Å². The largest absolute Gasteiger partial charge is 0.508 e. The number of aliphatic carboxylic acids is 1. The maximum Gasteiger partial charge on any atom is 0.303 e. The molecule has 3 rings (SSSR count). The molecule has 1 aromatic rings. The Labute approximate surface area is 113 Å². The number of phenols is 1. The summed E-state index contributed by atoms with van der Waals surface area (Å²) in [4.78, 5) is 11.1. The van der Waals surface area contributed by atoms with Crippen LogP contribution in [0.15, 0.2) is 18.2 Å². The number of hydrogen-bond donors (Lipinski definition) is 2. The van der Waals surface area contributed by atoms with Crippen molar-refractivity contribution in [1.82, 2.24) is 0 Å². The molecule has 2 aliphatic rings. The van der Waals surface area contributed by atoms with Crippen molar-refractivity contribution in [1.29, 1.82) is 0 Å². The monoisotopic (exact) mass is 260 g/mol. The van der Waals surface area contributed by atoms with Gasteiger partial charge >= 0.3 is 5.97 Å². The Hall–Kier alpha value is -1.51. The van der Waals surface area contributed by atoms with E-state index in [1.165, 1.54) is 24.0 Å². The van der Waals surface area contributed by atoms with Crippen LogP contribution in [0, 0.1) is 5.92 Å². The van der Waals surface area contributed by atoms with Gasteiger partial charge in [-0.05, 0) is 60.3 Å². The zero-order valence-electron chi connectivity index (χ0n) is 11.1. The Kier molecular flexibility index (Phi) is 3.00. The summed E-state index contributed by atoms with van der Waals surface area (Å²) in [7, 11) is 0. The number of aryl methyl sites for hydroxylation is 1. The number of carbonyl (C=O) groups is 1. The molecule has 0 radical (unpaired) electrons. The number of benzene rings is 1. The maximum absolute atomic E-state index is 11.1. The first-order valence-electron chi connectivity index (χ1n) is 7.16. The minimum absolute atomic E-state index is 0.00468. The zero-order valence-corrected chi connectivity index (χ0v) is 11.1. The SMILES string of the molecule is O=C(O)CC1CCc2ccc(O)cc2C12CCCC2. The molecule has 1 unspecified atom stereocenters. The molecule has 1 saturated carbocycles. The van der Waals surface area contributed by atoms with Crippen LogP contribution >= 0.6 is 0 Å². The lowest BCUT2D eigenvalue weighted by atomic mass is 9.61. The maximum atomic E-state index is 11.1. The van der Waals surface area contributed by atoms with Crippen LogP contribution in [0.2, 0.25) is 0 Å². The zero-order chi connectivity index (χ0) is 13.5. The number of phenolic OH excluding ortho intramolecular Hbond substituents is 1. The third-order valence-electron chi connectivity index (χ3n) is 5.09. The van der Waals surface area contributed by atoms with E-state index in [0.717, 1.165) is 25.7 Å². The fourth-order valence-electron chi connectivity index (χ4n) is 4.26. The molecule has 2 N–H and O–H groups in total. The molecule has 0 bridgehead atoms. The van der Waals surface area contributed by atoms with Crippen LogP contribution in [-0.4, -0.2) is 16.2 Å². The molecule has 1 spiro atoms. The third kappa shape index (κ3) is 2.01. The molecular formula is C16H20O3. The summed E-state index contributed by atoms with van der Waals surface area (Å²) in [5.74, 6) is -0.164. The molecule has 0 aromatic heterocycles. The van der Waals surface area contributed by atoms with Gasteiger partial charge in [-0.3, -0.25) is 4.79 Å². The van der Waals surface area contributed by atoms with Gasteiger partial charge in [-0.15, -0.1) is 0 Å². The van der Waals surface area contributed by atoms with Crippen LogP contribution in [0.25, 0.3) is 0 Å². The van der Waals surface area contributed by atoms with E-state index in [-0.39, 0.29) is 17.8 Å². The topological polar surface area (TPSA) is 57.5 Å². The van der Waals surface area contributed by atoms with Crippen molar-refractivity contribution >= 4 is 5.97 Å². The Bertz CT molecular complexity index is 501. The van der Waals surface area contributed by atoms with Gasteiger partial charge in [0, 0.05) is 6.42 Å². The van der Waals surface area contributed by atoms with Gasteiger partial charge in [-0.2, -0.15) is 0 Å². The van der Waals surface area contributed by atoms with Crippen molar-refractivity contribution in [2.45, 2.75) is 50.4 Å². The van der Waals surface area contributed by atoms with Gasteiger partial charge in [0.25, 0.3) is 0 Å². The van der Waals surface area contributed by atoms with Crippen LogP contribution in [0.4, 0.5) is 0 Å². The molecule has 0 heterocycles. The third-order valence-corrected chi connectivity index (χ3v) is 5.09. The minimum atomic E-state index is -0.695. The summed E-state index contributed by atoms with van der Waals surface area (Å²) in [5, 5.41) is 18.9. The normalized spacial score (nSPS) is 24.3. The van der Waals surface area contributed by atoms with Crippen LogP contribution in [0.5, 0.6) is 5.75 Å². The molecule has 3 heteroatoms. The first kappa shape index (κ1) is 12.5. The molecule has 1 aromatic carbocycles. The van der Waals surface area contributed by atoms with Gasteiger partial charge in [-0.1, -0.05) is 18.9 Å². The second-order valence-corrected chi connectivity index (χ2v) is 6.04. The second kappa shape index (κ2) is 4.55. The van der Waals surface area contributed by atoms with Gasteiger partial charge in [-0.25, -0.2) is 0 Å². The molecular weight excluding hydrogens is 240 g/mol. The van der Waals surface area contributed by atoms with Gasteiger partial charge < -0.3 is 10.2 Å². The molecule has 102 valence electrons. The smallest absolute Gasteiger partial charge is 0.303 e. The van der Waals surface area contributed by atoms with Gasteiger partial charge in [0.15, 0.2) is 0 Å². The number of rotatable bonds is 2. The molecule has 3 nitrogen and oxygen atoms in total. The van der Waals surface area contributed by atoms with E-state index in [1.807, 2.05) is 12.1 Å². The number of carboxylic acids is 1. The molecule has 2 aliphatic carbocycles. The highest BCUT2D eigenvalue weighted by atomic mass is 16.4. The highest BCUT2D eigenvalue weighted by molar-refractivity contribution is 5.67. The van der Waals surface area contributed by atoms with Crippen molar-refractivity contribution in [3.63, 3.8) is 0 Å². The Morgan fingerprint density at radius 3 is 2.74 bits per heavy atom. The van der Waals surface area contributed by atoms with E-state index in [1.54, 1.807) is 6.07 Å². The Balaban J connectivity index is 2.06. The van der Waals surface area contributed by atoms with Gasteiger partial charge in [0.2, 0.25) is 0 Å². The first-order valence-corrected chi connectivity index (χ1v) is 7.16. The van der Waals surface area contributed by atoms with Crippen LogP contribution in [0.1, 0.15) is 49.7 Å². The van der Waals surface area contributed by atoms with E-state index in [2.05, 4.69) is 0 Å². The summed E-state index contributed by atoms with van der Waals surface area (Å²) < 4.78 is 0. The Morgan fingerprint density at radius 2 is 2.05 bits per heavy atom. The predicted molar refractivity (Wildman–Crippen MR) is 72.3 cm³/mol. The molecule has 0 aliphatic heterocycles. The number of carboxylic acid groups (broad SMARTS) is 1. The summed E-state index contributed by atoms with van der Waals surface area (Å²) in [5.41, 5.74) is 2.54. The predicted octanol–water partition coefficient (Wildman–Crippen LogP) is 3.24. The first-order chi connectivity index (χ1) is 9.12. The van der Waals surface area contributed by atoms with Gasteiger partial charge in [0.05, 0.1) is 0 Å². The highest BCUT2D eigenvalue weighted by Gasteiger charge is 2.46. The number of hydrogen-bond acceptors (Lipinski definition) is 2. The summed E-state index contributed by atoms with van der Waals surface area (Å²) in [6, 6.07) is 5.65. The molecule has 1 atom stereocenters. The van der Waals surface area contributed by atoms with Gasteiger partial charge in [0.1, 0.15) is 5.75 Å². The summed E-state index contributed by atoms with van der Waals surface area (Å²) in [6.45, 7) is 0. The van der Waals surface area contributed by atoms with Crippen molar-refractivity contribution in [2.75, 3.05) is 0 Å². The lowest BCUT2D eigenvalue weighted by molar-refractivity contribution is -0.138. The fourth-order valence-corrected chi connectivity index (χ4v) is 4.26. The molecule has 0 amide bonds. The molecule has 19 heavy (non-hydrogen) atoms. The van der Waals surface area contributed by atoms with Crippen LogP contribution in [-0.2, 0) is 16.6 Å². The Morgan fingerprint density at radius 1 is 1.32 bits per heavy atom. The van der Waals surface area contributed by atoms with E-state index >= 15 is 0 Å². The summed E-state index contributed by atoms with van der Waals surface area (Å²) >= 11 is 0. The van der Waals surface area contributed by atoms with Crippen molar-refractivity contribution in [3.8, 4) is 5.75 Å². The molecule has 1 fully saturated rings. The standard InChI is InChI=1S/C16H20O3/c17-13-6-4-11-3-5-12(9-15(18)19)16(14(11)10-13)7-1-2-8-16/h4,6,10,12,17H,1-3,5,7-9H2,(H,18,19). The van der Waals surface area contributed by atoms with Crippen molar-refractivity contribution < 1.29 is 15.0 Å². The molecule has 0 saturated heterocycles. The van der Waals surface area contributed by atoms with E-state index < -0.39 is 5.97 Å². The van der Waals surface area contributed by atoms with Crippen LogP contribution in [0.3, 0.4) is 0 Å². The fraction of sp³-hybridized carbons (Fsp3) is 0.562. The number of aromatic hydroxyl groups is 1. The van der Waals surface area contributed by atoms with Crippen molar-refractivity contribution in [3.05, 3.63) is 29.3 Å². The lowest BCUT2D eigenvalue weighted by Crippen LogP contribution is -2.38. The van der Waals surface area contributed by atoms with Crippen molar-refractivity contribution in [2.24, 2.45) is 5.92 Å².